The molecular weight excluding hydrogens is 270 g/mol. The Bertz CT molecular complexity index is 484. The Morgan fingerprint density at radius 2 is 2.10 bits per heavy atom. The zero-order valence-corrected chi connectivity index (χ0v) is 13.4. The lowest BCUT2D eigenvalue weighted by atomic mass is 9.85. The predicted octanol–water partition coefficient (Wildman–Crippen LogP) is 2.88. The summed E-state index contributed by atoms with van der Waals surface area (Å²) in [6.07, 6.45) is 0.904. The van der Waals surface area contributed by atoms with Gasteiger partial charge in [0, 0.05) is 17.8 Å². The van der Waals surface area contributed by atoms with E-state index in [-0.39, 0.29) is 17.9 Å². The van der Waals surface area contributed by atoms with Gasteiger partial charge in [-0.05, 0) is 18.8 Å². The van der Waals surface area contributed by atoms with Crippen molar-refractivity contribution in [3.63, 3.8) is 0 Å². The lowest BCUT2D eigenvalue weighted by molar-refractivity contribution is -0.137. The van der Waals surface area contributed by atoms with Gasteiger partial charge in [-0.25, -0.2) is 4.98 Å². The number of nitrogens with zero attached hydrogens (tertiary/aromatic N) is 2. The van der Waals surface area contributed by atoms with Gasteiger partial charge in [0.15, 0.2) is 0 Å². The van der Waals surface area contributed by atoms with Crippen LogP contribution in [0.1, 0.15) is 46.2 Å². The molecule has 2 N–H and O–H groups in total. The van der Waals surface area contributed by atoms with E-state index in [1.54, 1.807) is 6.07 Å². The highest BCUT2D eigenvalue weighted by Gasteiger charge is 2.27. The minimum absolute atomic E-state index is 0.00591. The first-order chi connectivity index (χ1) is 9.72. The fourth-order valence-electron chi connectivity index (χ4n) is 1.79. The highest BCUT2D eigenvalue weighted by atomic mass is 16.5. The molecule has 1 unspecified atom stereocenters. The van der Waals surface area contributed by atoms with Gasteiger partial charge in [0.25, 0.3) is 0 Å². The standard InChI is InChI=1S/C15H25N3O3/c1-6-7-21-12-8-10(2)16-14(18-12)17-11(9-13(19)20)15(3,4)5/h8,11H,6-7,9H2,1-5H3,(H,19,20)(H,16,17,18). The second-order valence-corrected chi connectivity index (χ2v) is 6.18. The molecular formula is C15H25N3O3. The van der Waals surface area contributed by atoms with Crippen LogP contribution in [0, 0.1) is 12.3 Å². The fraction of sp³-hybridized carbons (Fsp3) is 0.667. The zero-order chi connectivity index (χ0) is 16.0. The molecule has 0 amide bonds. The van der Waals surface area contributed by atoms with Crippen LogP contribution in [0.5, 0.6) is 5.88 Å². The maximum Gasteiger partial charge on any atom is 0.305 e. The molecule has 0 saturated carbocycles. The minimum atomic E-state index is -0.850. The summed E-state index contributed by atoms with van der Waals surface area (Å²) >= 11 is 0. The first-order valence-electron chi connectivity index (χ1n) is 7.19. The minimum Gasteiger partial charge on any atom is -0.481 e. The first kappa shape index (κ1) is 17.2. The second-order valence-electron chi connectivity index (χ2n) is 6.18. The molecule has 1 heterocycles. The SMILES string of the molecule is CCCOc1cc(C)nc(NC(CC(=O)O)C(C)(C)C)n1. The van der Waals surface area contributed by atoms with Crippen molar-refractivity contribution in [3.05, 3.63) is 11.8 Å². The van der Waals surface area contributed by atoms with E-state index in [0.29, 0.717) is 18.4 Å². The Hall–Kier alpha value is -1.85. The number of aryl methyl sites for hydroxylation is 1. The number of carboxylic acid groups (broad SMARTS) is 1. The van der Waals surface area contributed by atoms with E-state index < -0.39 is 5.97 Å². The highest BCUT2D eigenvalue weighted by Crippen LogP contribution is 2.25. The lowest BCUT2D eigenvalue weighted by Gasteiger charge is -2.30. The first-order valence-corrected chi connectivity index (χ1v) is 7.19. The molecule has 0 aliphatic heterocycles. The summed E-state index contributed by atoms with van der Waals surface area (Å²) < 4.78 is 5.52. The molecule has 0 aliphatic rings. The number of anilines is 1. The number of aromatic nitrogens is 2. The number of aliphatic carboxylic acids is 1. The summed E-state index contributed by atoms with van der Waals surface area (Å²) in [7, 11) is 0. The third-order valence-electron chi connectivity index (χ3n) is 3.01. The molecule has 0 fully saturated rings. The van der Waals surface area contributed by atoms with E-state index in [2.05, 4.69) is 15.3 Å². The molecule has 1 aromatic heterocycles. The van der Waals surface area contributed by atoms with Gasteiger partial charge in [0.05, 0.1) is 13.0 Å². The molecule has 0 spiro atoms. The van der Waals surface area contributed by atoms with Crippen molar-refractivity contribution >= 4 is 11.9 Å². The summed E-state index contributed by atoms with van der Waals surface area (Å²) in [5, 5.41) is 12.2. The molecule has 6 heteroatoms. The van der Waals surface area contributed by atoms with Crippen molar-refractivity contribution in [2.45, 2.75) is 53.5 Å². The number of hydrogen-bond acceptors (Lipinski definition) is 5. The highest BCUT2D eigenvalue weighted by molar-refractivity contribution is 5.68. The van der Waals surface area contributed by atoms with Gasteiger partial charge in [-0.1, -0.05) is 27.7 Å². The van der Waals surface area contributed by atoms with Crippen LogP contribution in [0.3, 0.4) is 0 Å². The van der Waals surface area contributed by atoms with E-state index in [1.807, 2.05) is 34.6 Å². The van der Waals surface area contributed by atoms with Crippen molar-refractivity contribution in [1.82, 2.24) is 9.97 Å². The van der Waals surface area contributed by atoms with Crippen LogP contribution >= 0.6 is 0 Å². The van der Waals surface area contributed by atoms with Crippen molar-refractivity contribution in [2.75, 3.05) is 11.9 Å². The molecule has 0 aromatic carbocycles. The van der Waals surface area contributed by atoms with Crippen LogP contribution in [0.15, 0.2) is 6.07 Å². The van der Waals surface area contributed by atoms with Crippen LogP contribution in [0.4, 0.5) is 5.95 Å². The van der Waals surface area contributed by atoms with Crippen LogP contribution in [-0.2, 0) is 4.79 Å². The largest absolute Gasteiger partial charge is 0.481 e. The molecule has 6 nitrogen and oxygen atoms in total. The summed E-state index contributed by atoms with van der Waals surface area (Å²) in [5.74, 6) is 0.0645. The molecule has 118 valence electrons. The molecule has 0 aliphatic carbocycles. The number of nitrogens with one attached hydrogen (secondary N) is 1. The predicted molar refractivity (Wildman–Crippen MR) is 81.7 cm³/mol. The van der Waals surface area contributed by atoms with Crippen molar-refractivity contribution in [2.24, 2.45) is 5.41 Å². The maximum absolute atomic E-state index is 11.0. The number of rotatable bonds is 7. The van der Waals surface area contributed by atoms with Gasteiger partial charge in [-0.3, -0.25) is 4.79 Å². The molecule has 1 aromatic rings. The molecule has 21 heavy (non-hydrogen) atoms. The Morgan fingerprint density at radius 1 is 1.43 bits per heavy atom. The quantitative estimate of drug-likeness (QED) is 0.804. The third-order valence-corrected chi connectivity index (χ3v) is 3.01. The third kappa shape index (κ3) is 5.97. The van der Waals surface area contributed by atoms with E-state index in [1.165, 1.54) is 0 Å². The Kier molecular flexibility index (Phi) is 5.93. The van der Waals surface area contributed by atoms with Crippen LogP contribution < -0.4 is 10.1 Å². The molecule has 0 saturated heterocycles. The topological polar surface area (TPSA) is 84.3 Å². The fourth-order valence-corrected chi connectivity index (χ4v) is 1.79. The number of carbonyl (C=O) groups is 1. The number of ether oxygens (including phenoxy) is 1. The molecule has 0 bridgehead atoms. The monoisotopic (exact) mass is 295 g/mol. The van der Waals surface area contributed by atoms with E-state index >= 15 is 0 Å². The Morgan fingerprint density at radius 3 is 2.62 bits per heavy atom. The molecule has 1 atom stereocenters. The normalized spacial score (nSPS) is 12.8. The van der Waals surface area contributed by atoms with E-state index in [0.717, 1.165) is 12.1 Å². The Balaban J connectivity index is 2.92. The Labute approximate surface area is 126 Å². The van der Waals surface area contributed by atoms with Crippen molar-refractivity contribution in [3.8, 4) is 5.88 Å². The summed E-state index contributed by atoms with van der Waals surface area (Å²) in [6.45, 7) is 10.4. The van der Waals surface area contributed by atoms with Gasteiger partial charge in [-0.2, -0.15) is 4.98 Å². The van der Waals surface area contributed by atoms with Gasteiger partial charge in [0.2, 0.25) is 11.8 Å². The summed E-state index contributed by atoms with van der Waals surface area (Å²) in [6, 6.07) is 1.50. The number of hydrogen-bond donors (Lipinski definition) is 2. The van der Waals surface area contributed by atoms with Crippen molar-refractivity contribution < 1.29 is 14.6 Å². The maximum atomic E-state index is 11.0. The van der Waals surface area contributed by atoms with Crippen molar-refractivity contribution in [1.29, 1.82) is 0 Å². The average molecular weight is 295 g/mol. The van der Waals surface area contributed by atoms with Crippen LogP contribution in [-0.4, -0.2) is 33.7 Å². The smallest absolute Gasteiger partial charge is 0.305 e. The van der Waals surface area contributed by atoms with Gasteiger partial charge in [-0.15, -0.1) is 0 Å². The van der Waals surface area contributed by atoms with Gasteiger partial charge in [0.1, 0.15) is 0 Å². The van der Waals surface area contributed by atoms with Gasteiger partial charge < -0.3 is 15.2 Å². The average Bonchev–Trinajstić information content (AvgIpc) is 2.33. The molecule has 1 rings (SSSR count). The van der Waals surface area contributed by atoms with Gasteiger partial charge >= 0.3 is 5.97 Å². The molecule has 0 radical (unpaired) electrons. The lowest BCUT2D eigenvalue weighted by Crippen LogP contribution is -2.36. The van der Waals surface area contributed by atoms with Crippen LogP contribution in [0.25, 0.3) is 0 Å². The van der Waals surface area contributed by atoms with E-state index in [4.69, 9.17) is 9.84 Å². The van der Waals surface area contributed by atoms with Crippen LogP contribution in [0.2, 0.25) is 0 Å². The summed E-state index contributed by atoms with van der Waals surface area (Å²) in [5.41, 5.74) is 0.553. The zero-order valence-electron chi connectivity index (χ0n) is 13.4. The number of carboxylic acids is 1. The van der Waals surface area contributed by atoms with E-state index in [9.17, 15) is 4.79 Å². The summed E-state index contributed by atoms with van der Waals surface area (Å²) in [4.78, 5) is 19.6. The second kappa shape index (κ2) is 7.24.